The third-order valence-electron chi connectivity index (χ3n) is 3.76. The van der Waals surface area contributed by atoms with Gasteiger partial charge < -0.3 is 10.1 Å². The number of halogens is 1. The Balaban J connectivity index is 1.74. The van der Waals surface area contributed by atoms with Crippen LogP contribution in [0.25, 0.3) is 0 Å². The average Bonchev–Trinajstić information content (AvgIpc) is 2.80. The SMILES string of the molecule is COCC1(F)CCN(CC(=O)NCc2ccc(C)cc2)C1. The Kier molecular flexibility index (Phi) is 5.31. The molecule has 0 aromatic heterocycles. The zero-order chi connectivity index (χ0) is 15.3. The van der Waals surface area contributed by atoms with Crippen molar-refractivity contribution in [2.45, 2.75) is 25.6 Å². The lowest BCUT2D eigenvalue weighted by atomic mass is 10.1. The van der Waals surface area contributed by atoms with Crippen LogP contribution in [-0.4, -0.2) is 49.8 Å². The third kappa shape index (κ3) is 4.79. The minimum absolute atomic E-state index is 0.0720. The van der Waals surface area contributed by atoms with Crippen LogP contribution in [0, 0.1) is 6.92 Å². The largest absolute Gasteiger partial charge is 0.381 e. The van der Waals surface area contributed by atoms with Gasteiger partial charge in [-0.3, -0.25) is 9.69 Å². The minimum atomic E-state index is -1.31. The van der Waals surface area contributed by atoms with Crippen molar-refractivity contribution in [2.24, 2.45) is 0 Å². The molecule has 0 saturated carbocycles. The van der Waals surface area contributed by atoms with E-state index in [-0.39, 0.29) is 25.6 Å². The van der Waals surface area contributed by atoms with Gasteiger partial charge in [-0.2, -0.15) is 0 Å². The Morgan fingerprint density at radius 2 is 2.14 bits per heavy atom. The van der Waals surface area contributed by atoms with Gasteiger partial charge in [0.25, 0.3) is 0 Å². The summed E-state index contributed by atoms with van der Waals surface area (Å²) in [6, 6.07) is 8.03. The van der Waals surface area contributed by atoms with Crippen LogP contribution in [0.2, 0.25) is 0 Å². The molecule has 21 heavy (non-hydrogen) atoms. The van der Waals surface area contributed by atoms with Crippen LogP contribution in [0.1, 0.15) is 17.5 Å². The number of aryl methyl sites for hydroxylation is 1. The number of carbonyl (C=O) groups is 1. The molecule has 1 amide bonds. The van der Waals surface area contributed by atoms with Gasteiger partial charge in [0.15, 0.2) is 0 Å². The van der Waals surface area contributed by atoms with E-state index in [1.54, 1.807) is 0 Å². The van der Waals surface area contributed by atoms with Gasteiger partial charge in [0.05, 0.1) is 13.2 Å². The lowest BCUT2D eigenvalue weighted by Crippen LogP contribution is -2.39. The number of likely N-dealkylation sites (tertiary alicyclic amines) is 1. The van der Waals surface area contributed by atoms with Gasteiger partial charge in [0.2, 0.25) is 5.91 Å². The van der Waals surface area contributed by atoms with Gasteiger partial charge in [-0.15, -0.1) is 0 Å². The summed E-state index contributed by atoms with van der Waals surface area (Å²) >= 11 is 0. The van der Waals surface area contributed by atoms with Crippen molar-refractivity contribution in [3.63, 3.8) is 0 Å². The fourth-order valence-corrected chi connectivity index (χ4v) is 2.59. The van der Waals surface area contributed by atoms with Gasteiger partial charge in [-0.05, 0) is 18.9 Å². The maximum atomic E-state index is 14.2. The Hall–Kier alpha value is -1.46. The van der Waals surface area contributed by atoms with Crippen LogP contribution in [-0.2, 0) is 16.1 Å². The van der Waals surface area contributed by atoms with Crippen molar-refractivity contribution in [3.8, 4) is 0 Å². The second-order valence-electron chi connectivity index (χ2n) is 5.81. The highest BCUT2D eigenvalue weighted by atomic mass is 19.1. The molecule has 1 atom stereocenters. The normalized spacial score (nSPS) is 22.4. The first kappa shape index (κ1) is 15.9. The molecule has 1 unspecified atom stereocenters. The van der Waals surface area contributed by atoms with Crippen LogP contribution in [0.4, 0.5) is 4.39 Å². The van der Waals surface area contributed by atoms with Gasteiger partial charge >= 0.3 is 0 Å². The molecule has 0 spiro atoms. The number of ether oxygens (including phenoxy) is 1. The summed E-state index contributed by atoms with van der Waals surface area (Å²) in [7, 11) is 1.50. The Labute approximate surface area is 125 Å². The second kappa shape index (κ2) is 7.00. The van der Waals surface area contributed by atoms with Crippen molar-refractivity contribution in [2.75, 3.05) is 33.4 Å². The first-order valence-corrected chi connectivity index (χ1v) is 7.23. The number of hydrogen-bond donors (Lipinski definition) is 1. The highest BCUT2D eigenvalue weighted by Gasteiger charge is 2.38. The highest BCUT2D eigenvalue weighted by Crippen LogP contribution is 2.25. The number of nitrogens with one attached hydrogen (secondary N) is 1. The molecule has 1 aromatic rings. The van der Waals surface area contributed by atoms with E-state index in [0.717, 1.165) is 5.56 Å². The average molecular weight is 294 g/mol. The van der Waals surface area contributed by atoms with E-state index >= 15 is 0 Å². The van der Waals surface area contributed by atoms with E-state index in [4.69, 9.17) is 4.74 Å². The van der Waals surface area contributed by atoms with E-state index < -0.39 is 5.67 Å². The van der Waals surface area contributed by atoms with Crippen molar-refractivity contribution < 1.29 is 13.9 Å². The Morgan fingerprint density at radius 1 is 1.43 bits per heavy atom. The van der Waals surface area contributed by atoms with Crippen molar-refractivity contribution in [1.82, 2.24) is 10.2 Å². The predicted octanol–water partition coefficient (Wildman–Crippen LogP) is 1.67. The standard InChI is InChI=1S/C16H23FN2O2/c1-13-3-5-14(6-4-13)9-18-15(20)10-19-8-7-16(17,11-19)12-21-2/h3-6H,7-12H2,1-2H3,(H,18,20). The summed E-state index contributed by atoms with van der Waals surface area (Å²) in [5, 5.41) is 2.87. The summed E-state index contributed by atoms with van der Waals surface area (Å²) in [6.07, 6.45) is 0.423. The second-order valence-corrected chi connectivity index (χ2v) is 5.81. The summed E-state index contributed by atoms with van der Waals surface area (Å²) in [5.41, 5.74) is 0.945. The first-order valence-electron chi connectivity index (χ1n) is 7.23. The van der Waals surface area contributed by atoms with Crippen molar-refractivity contribution in [1.29, 1.82) is 0 Å². The van der Waals surface area contributed by atoms with E-state index in [1.807, 2.05) is 36.1 Å². The van der Waals surface area contributed by atoms with Crippen LogP contribution >= 0.6 is 0 Å². The lowest BCUT2D eigenvalue weighted by molar-refractivity contribution is -0.122. The maximum Gasteiger partial charge on any atom is 0.234 e. The number of benzene rings is 1. The number of amides is 1. The van der Waals surface area contributed by atoms with Crippen LogP contribution < -0.4 is 5.32 Å². The van der Waals surface area contributed by atoms with Crippen molar-refractivity contribution >= 4 is 5.91 Å². The number of rotatable bonds is 6. The molecule has 1 aromatic carbocycles. The Morgan fingerprint density at radius 3 is 2.81 bits per heavy atom. The van der Waals surface area contributed by atoms with E-state index in [0.29, 0.717) is 19.5 Å². The van der Waals surface area contributed by atoms with E-state index in [2.05, 4.69) is 5.32 Å². The molecule has 4 nitrogen and oxygen atoms in total. The number of carbonyl (C=O) groups excluding carboxylic acids is 1. The topological polar surface area (TPSA) is 41.6 Å². The molecule has 116 valence electrons. The van der Waals surface area contributed by atoms with Gasteiger partial charge in [-0.25, -0.2) is 4.39 Å². The molecule has 0 radical (unpaired) electrons. The molecule has 1 saturated heterocycles. The van der Waals surface area contributed by atoms with E-state index in [1.165, 1.54) is 12.7 Å². The van der Waals surface area contributed by atoms with E-state index in [9.17, 15) is 9.18 Å². The highest BCUT2D eigenvalue weighted by molar-refractivity contribution is 5.78. The number of alkyl halides is 1. The molecule has 0 aliphatic carbocycles. The fraction of sp³-hybridized carbons (Fsp3) is 0.562. The molecule has 2 rings (SSSR count). The fourth-order valence-electron chi connectivity index (χ4n) is 2.59. The lowest BCUT2D eigenvalue weighted by Gasteiger charge is -2.19. The monoisotopic (exact) mass is 294 g/mol. The van der Waals surface area contributed by atoms with Gasteiger partial charge in [0.1, 0.15) is 5.67 Å². The summed E-state index contributed by atoms with van der Waals surface area (Å²) in [4.78, 5) is 13.7. The Bertz CT molecular complexity index is 478. The minimum Gasteiger partial charge on any atom is -0.381 e. The zero-order valence-electron chi connectivity index (χ0n) is 12.7. The molecular formula is C16H23FN2O2. The predicted molar refractivity (Wildman–Crippen MR) is 79.8 cm³/mol. The number of methoxy groups -OCH3 is 1. The molecule has 1 aliphatic rings. The molecule has 1 aliphatic heterocycles. The molecule has 0 bridgehead atoms. The summed E-state index contributed by atoms with van der Waals surface area (Å²) < 4.78 is 19.1. The molecular weight excluding hydrogens is 271 g/mol. The summed E-state index contributed by atoms with van der Waals surface area (Å²) in [6.45, 7) is 3.72. The quantitative estimate of drug-likeness (QED) is 0.868. The third-order valence-corrected chi connectivity index (χ3v) is 3.76. The molecule has 5 heteroatoms. The summed E-state index contributed by atoms with van der Waals surface area (Å²) in [5.74, 6) is -0.0720. The zero-order valence-corrected chi connectivity index (χ0v) is 12.7. The molecule has 1 heterocycles. The van der Waals surface area contributed by atoms with Crippen LogP contribution in [0.5, 0.6) is 0 Å². The van der Waals surface area contributed by atoms with Crippen LogP contribution in [0.3, 0.4) is 0 Å². The van der Waals surface area contributed by atoms with Gasteiger partial charge in [0, 0.05) is 26.7 Å². The molecule has 1 fully saturated rings. The maximum absolute atomic E-state index is 14.2. The van der Waals surface area contributed by atoms with Crippen LogP contribution in [0.15, 0.2) is 24.3 Å². The number of hydrogen-bond acceptors (Lipinski definition) is 3. The van der Waals surface area contributed by atoms with Crippen molar-refractivity contribution in [3.05, 3.63) is 35.4 Å². The number of nitrogens with zero attached hydrogens (tertiary/aromatic N) is 1. The van der Waals surface area contributed by atoms with Gasteiger partial charge in [-0.1, -0.05) is 29.8 Å². The molecule has 1 N–H and O–H groups in total. The smallest absolute Gasteiger partial charge is 0.234 e. The first-order chi connectivity index (χ1) is 10.0.